The highest BCUT2D eigenvalue weighted by Gasteiger charge is 2.25. The number of hydrogen-bond acceptors (Lipinski definition) is 1. The number of carbonyl (C=O) groups excluding carboxylic acids is 1. The largest absolute Gasteiger partial charge is 0.300 e. The van der Waals surface area contributed by atoms with E-state index in [4.69, 9.17) is 0 Å². The SMILES string of the molecule is CC[C@@](C)(CC(C)=O)c1ccc(C)cc1. The van der Waals surface area contributed by atoms with Gasteiger partial charge >= 0.3 is 0 Å². The van der Waals surface area contributed by atoms with E-state index in [1.54, 1.807) is 6.92 Å². The number of aryl methyl sites for hydroxylation is 1. The monoisotopic (exact) mass is 204 g/mol. The van der Waals surface area contributed by atoms with Crippen LogP contribution in [0.15, 0.2) is 24.3 Å². The van der Waals surface area contributed by atoms with Gasteiger partial charge in [0, 0.05) is 6.42 Å². The first-order valence-electron chi connectivity index (χ1n) is 5.54. The van der Waals surface area contributed by atoms with Gasteiger partial charge < -0.3 is 0 Å². The molecule has 0 fully saturated rings. The van der Waals surface area contributed by atoms with Crippen molar-refractivity contribution >= 4 is 5.78 Å². The molecule has 0 aliphatic carbocycles. The minimum atomic E-state index is -0.000463. The van der Waals surface area contributed by atoms with Crippen LogP contribution in [0.1, 0.15) is 44.7 Å². The van der Waals surface area contributed by atoms with E-state index in [1.165, 1.54) is 11.1 Å². The fraction of sp³-hybridized carbons (Fsp3) is 0.500. The number of carbonyl (C=O) groups is 1. The highest BCUT2D eigenvalue weighted by Crippen LogP contribution is 2.31. The summed E-state index contributed by atoms with van der Waals surface area (Å²) in [6.45, 7) is 8.06. The second-order valence-electron chi connectivity index (χ2n) is 4.66. The summed E-state index contributed by atoms with van der Waals surface area (Å²) in [6, 6.07) is 8.51. The van der Waals surface area contributed by atoms with Crippen molar-refractivity contribution in [1.82, 2.24) is 0 Å². The molecule has 82 valence electrons. The molecule has 1 heteroatoms. The van der Waals surface area contributed by atoms with E-state index >= 15 is 0 Å². The number of rotatable bonds is 4. The van der Waals surface area contributed by atoms with Crippen molar-refractivity contribution in [1.29, 1.82) is 0 Å². The van der Waals surface area contributed by atoms with Gasteiger partial charge in [-0.1, -0.05) is 43.7 Å². The van der Waals surface area contributed by atoms with Crippen molar-refractivity contribution in [3.05, 3.63) is 35.4 Å². The average Bonchev–Trinajstić information content (AvgIpc) is 2.17. The molecule has 0 bridgehead atoms. The van der Waals surface area contributed by atoms with Gasteiger partial charge in [-0.2, -0.15) is 0 Å². The Balaban J connectivity index is 3.00. The molecule has 15 heavy (non-hydrogen) atoms. The molecule has 1 aromatic carbocycles. The number of Topliss-reactive ketones (excluding diaryl/α,β-unsaturated/α-hetero) is 1. The maximum Gasteiger partial charge on any atom is 0.130 e. The van der Waals surface area contributed by atoms with Gasteiger partial charge in [-0.05, 0) is 31.2 Å². The van der Waals surface area contributed by atoms with Gasteiger partial charge in [0.15, 0.2) is 0 Å². The smallest absolute Gasteiger partial charge is 0.130 e. The molecule has 0 aromatic heterocycles. The minimum Gasteiger partial charge on any atom is -0.300 e. The molecular formula is C14H20O. The molecule has 0 saturated heterocycles. The Labute approximate surface area is 92.5 Å². The van der Waals surface area contributed by atoms with E-state index in [2.05, 4.69) is 45.0 Å². The first-order chi connectivity index (χ1) is 6.98. The molecule has 0 aliphatic rings. The van der Waals surface area contributed by atoms with Crippen LogP contribution >= 0.6 is 0 Å². The lowest BCUT2D eigenvalue weighted by Gasteiger charge is -2.27. The Morgan fingerprint density at radius 2 is 1.80 bits per heavy atom. The van der Waals surface area contributed by atoms with Gasteiger partial charge in [0.25, 0.3) is 0 Å². The van der Waals surface area contributed by atoms with Crippen molar-refractivity contribution in [2.45, 2.75) is 46.0 Å². The molecule has 0 heterocycles. The predicted molar refractivity (Wildman–Crippen MR) is 64.1 cm³/mol. The van der Waals surface area contributed by atoms with E-state index in [0.29, 0.717) is 6.42 Å². The Hall–Kier alpha value is -1.11. The minimum absolute atomic E-state index is 0.000463. The summed E-state index contributed by atoms with van der Waals surface area (Å²) < 4.78 is 0. The summed E-state index contributed by atoms with van der Waals surface area (Å²) in [4.78, 5) is 11.3. The van der Waals surface area contributed by atoms with Crippen LogP contribution in [0.4, 0.5) is 0 Å². The van der Waals surface area contributed by atoms with Crippen molar-refractivity contribution in [3.8, 4) is 0 Å². The lowest BCUT2D eigenvalue weighted by molar-refractivity contribution is -0.118. The molecule has 1 nitrogen and oxygen atoms in total. The summed E-state index contributed by atoms with van der Waals surface area (Å²) in [5, 5.41) is 0. The van der Waals surface area contributed by atoms with Gasteiger partial charge in [0.1, 0.15) is 5.78 Å². The van der Waals surface area contributed by atoms with Crippen molar-refractivity contribution in [3.63, 3.8) is 0 Å². The van der Waals surface area contributed by atoms with Crippen LogP contribution in [-0.4, -0.2) is 5.78 Å². The topological polar surface area (TPSA) is 17.1 Å². The van der Waals surface area contributed by atoms with E-state index in [1.807, 2.05) is 0 Å². The van der Waals surface area contributed by atoms with Gasteiger partial charge in [-0.15, -0.1) is 0 Å². The summed E-state index contributed by atoms with van der Waals surface area (Å²) >= 11 is 0. The van der Waals surface area contributed by atoms with Crippen LogP contribution in [-0.2, 0) is 10.2 Å². The Bertz CT molecular complexity index is 337. The zero-order chi connectivity index (χ0) is 11.5. The Morgan fingerprint density at radius 1 is 1.27 bits per heavy atom. The van der Waals surface area contributed by atoms with Crippen molar-refractivity contribution in [2.24, 2.45) is 0 Å². The van der Waals surface area contributed by atoms with E-state index in [9.17, 15) is 4.79 Å². The molecule has 1 rings (SSSR count). The average molecular weight is 204 g/mol. The van der Waals surface area contributed by atoms with Gasteiger partial charge in [0.2, 0.25) is 0 Å². The third-order valence-electron chi connectivity index (χ3n) is 3.17. The van der Waals surface area contributed by atoms with E-state index < -0.39 is 0 Å². The van der Waals surface area contributed by atoms with Crippen LogP contribution in [0.5, 0.6) is 0 Å². The molecule has 0 radical (unpaired) electrons. The Kier molecular flexibility index (Phi) is 3.67. The molecule has 0 N–H and O–H groups in total. The highest BCUT2D eigenvalue weighted by atomic mass is 16.1. The molecule has 0 spiro atoms. The highest BCUT2D eigenvalue weighted by molar-refractivity contribution is 5.77. The molecule has 1 atom stereocenters. The molecule has 0 amide bonds. The summed E-state index contributed by atoms with van der Waals surface area (Å²) in [5.41, 5.74) is 2.53. The zero-order valence-electron chi connectivity index (χ0n) is 10.1. The first-order valence-corrected chi connectivity index (χ1v) is 5.54. The standard InChI is InChI=1S/C14H20O/c1-5-14(4,10-12(3)15)13-8-6-11(2)7-9-13/h6-9H,5,10H2,1-4H3/t14-/m0/s1. The van der Waals surface area contributed by atoms with E-state index in [0.717, 1.165) is 6.42 Å². The van der Waals surface area contributed by atoms with Crippen LogP contribution in [0.3, 0.4) is 0 Å². The number of ketones is 1. The van der Waals surface area contributed by atoms with Crippen molar-refractivity contribution in [2.75, 3.05) is 0 Å². The first kappa shape index (κ1) is 12.0. The summed E-state index contributed by atoms with van der Waals surface area (Å²) in [7, 11) is 0. The summed E-state index contributed by atoms with van der Waals surface area (Å²) in [5.74, 6) is 0.264. The molecule has 0 aliphatic heterocycles. The van der Waals surface area contributed by atoms with Crippen LogP contribution < -0.4 is 0 Å². The maximum absolute atomic E-state index is 11.3. The lowest BCUT2D eigenvalue weighted by Crippen LogP contribution is -2.23. The second-order valence-corrected chi connectivity index (χ2v) is 4.66. The van der Waals surface area contributed by atoms with Gasteiger partial charge in [-0.3, -0.25) is 4.79 Å². The van der Waals surface area contributed by atoms with Crippen LogP contribution in [0, 0.1) is 6.92 Å². The fourth-order valence-electron chi connectivity index (χ4n) is 1.94. The molecular weight excluding hydrogens is 184 g/mol. The maximum atomic E-state index is 11.3. The van der Waals surface area contributed by atoms with Crippen LogP contribution in [0.25, 0.3) is 0 Å². The lowest BCUT2D eigenvalue weighted by atomic mass is 9.76. The van der Waals surface area contributed by atoms with Gasteiger partial charge in [0.05, 0.1) is 0 Å². The number of hydrogen-bond donors (Lipinski definition) is 0. The quantitative estimate of drug-likeness (QED) is 0.731. The second kappa shape index (κ2) is 4.61. The predicted octanol–water partition coefficient (Wildman–Crippen LogP) is 3.64. The van der Waals surface area contributed by atoms with Crippen LogP contribution in [0.2, 0.25) is 0 Å². The van der Waals surface area contributed by atoms with Gasteiger partial charge in [-0.25, -0.2) is 0 Å². The molecule has 1 aromatic rings. The van der Waals surface area contributed by atoms with Crippen molar-refractivity contribution < 1.29 is 4.79 Å². The fourth-order valence-corrected chi connectivity index (χ4v) is 1.94. The normalized spacial score (nSPS) is 14.7. The summed E-state index contributed by atoms with van der Waals surface area (Å²) in [6.07, 6.45) is 1.63. The molecule has 0 saturated carbocycles. The third-order valence-corrected chi connectivity index (χ3v) is 3.17. The van der Waals surface area contributed by atoms with E-state index in [-0.39, 0.29) is 11.2 Å². The number of benzene rings is 1. The Morgan fingerprint density at radius 3 is 2.20 bits per heavy atom. The zero-order valence-corrected chi connectivity index (χ0v) is 10.1. The third kappa shape index (κ3) is 2.92. The molecule has 0 unspecified atom stereocenters.